The van der Waals surface area contributed by atoms with Crippen LogP contribution in [-0.4, -0.2) is 11.5 Å². The van der Waals surface area contributed by atoms with E-state index in [1.54, 1.807) is 6.92 Å². The Hall–Kier alpha value is -1.64. The van der Waals surface area contributed by atoms with Gasteiger partial charge in [0.25, 0.3) is 0 Å². The van der Waals surface area contributed by atoms with Crippen molar-refractivity contribution in [1.29, 1.82) is 0 Å². The molecule has 0 aromatic heterocycles. The predicted octanol–water partition coefficient (Wildman–Crippen LogP) is 1.98. The van der Waals surface area contributed by atoms with E-state index in [1.807, 2.05) is 25.1 Å². The minimum absolute atomic E-state index is 0.484. The first-order chi connectivity index (χ1) is 6.68. The summed E-state index contributed by atoms with van der Waals surface area (Å²) in [6.07, 6.45) is 0.817. The first kappa shape index (κ1) is 10.4. The lowest BCUT2D eigenvalue weighted by molar-refractivity contribution is 1.16. The van der Waals surface area contributed by atoms with Gasteiger partial charge >= 0.3 is 0 Å². The molecule has 0 heterocycles. The predicted molar refractivity (Wildman–Crippen MR) is 60.6 cm³/mol. The Labute approximate surface area is 84.4 Å². The van der Waals surface area contributed by atoms with Crippen molar-refractivity contribution >= 4 is 11.5 Å². The van der Waals surface area contributed by atoms with Gasteiger partial charge in [0.05, 0.1) is 0 Å². The third kappa shape index (κ3) is 3.85. The summed E-state index contributed by atoms with van der Waals surface area (Å²) in [7, 11) is 0. The van der Waals surface area contributed by atoms with Crippen LogP contribution in [0, 0.1) is 0 Å². The summed E-state index contributed by atoms with van der Waals surface area (Å²) in [5, 5.41) is 7.80. The molecule has 0 aliphatic carbocycles. The lowest BCUT2D eigenvalue weighted by atomic mass is 10.1. The standard InChI is InChI=1S/C11H15N3/c1-9(13-14-10(2)12)8-11-6-4-3-5-7-11/h3-7H,8H2,1-2H3,(H2,12,14)/b13-9-. The number of nitrogens with two attached hydrogens (primary N) is 1. The van der Waals surface area contributed by atoms with Gasteiger partial charge in [-0.1, -0.05) is 30.3 Å². The Morgan fingerprint density at radius 3 is 2.36 bits per heavy atom. The average Bonchev–Trinajstić information content (AvgIpc) is 2.16. The van der Waals surface area contributed by atoms with Crippen molar-refractivity contribution < 1.29 is 0 Å². The van der Waals surface area contributed by atoms with Gasteiger partial charge in [-0.3, -0.25) is 0 Å². The number of amidine groups is 1. The Balaban J connectivity index is 2.62. The van der Waals surface area contributed by atoms with Crippen LogP contribution in [0.2, 0.25) is 0 Å². The van der Waals surface area contributed by atoms with E-state index < -0.39 is 0 Å². The minimum atomic E-state index is 0.484. The molecule has 0 aliphatic rings. The molecule has 0 amide bonds. The number of hydrogen-bond acceptors (Lipinski definition) is 2. The van der Waals surface area contributed by atoms with Gasteiger partial charge in [-0.05, 0) is 19.4 Å². The van der Waals surface area contributed by atoms with Crippen LogP contribution in [-0.2, 0) is 6.42 Å². The summed E-state index contributed by atoms with van der Waals surface area (Å²) in [4.78, 5) is 0. The smallest absolute Gasteiger partial charge is 0.119 e. The molecule has 0 saturated heterocycles. The van der Waals surface area contributed by atoms with Gasteiger partial charge in [-0.15, -0.1) is 5.10 Å². The first-order valence-corrected chi connectivity index (χ1v) is 4.55. The maximum Gasteiger partial charge on any atom is 0.119 e. The zero-order chi connectivity index (χ0) is 10.4. The molecular weight excluding hydrogens is 174 g/mol. The zero-order valence-electron chi connectivity index (χ0n) is 8.57. The maximum atomic E-state index is 5.38. The van der Waals surface area contributed by atoms with Crippen molar-refractivity contribution in [1.82, 2.24) is 0 Å². The number of rotatable bonds is 3. The topological polar surface area (TPSA) is 50.7 Å². The third-order valence-corrected chi connectivity index (χ3v) is 1.68. The van der Waals surface area contributed by atoms with Gasteiger partial charge in [0.1, 0.15) is 5.84 Å². The Morgan fingerprint density at radius 2 is 1.79 bits per heavy atom. The summed E-state index contributed by atoms with van der Waals surface area (Å²) in [5.41, 5.74) is 7.57. The van der Waals surface area contributed by atoms with Crippen LogP contribution in [0.15, 0.2) is 40.5 Å². The fourth-order valence-corrected chi connectivity index (χ4v) is 1.09. The minimum Gasteiger partial charge on any atom is -0.386 e. The van der Waals surface area contributed by atoms with Crippen molar-refractivity contribution in [2.75, 3.05) is 0 Å². The Kier molecular flexibility index (Phi) is 3.85. The molecule has 0 radical (unpaired) electrons. The molecule has 0 unspecified atom stereocenters. The van der Waals surface area contributed by atoms with Gasteiger partial charge in [0, 0.05) is 12.1 Å². The van der Waals surface area contributed by atoms with E-state index in [2.05, 4.69) is 22.3 Å². The van der Waals surface area contributed by atoms with E-state index in [1.165, 1.54) is 5.56 Å². The molecule has 3 heteroatoms. The summed E-state index contributed by atoms with van der Waals surface area (Å²) >= 11 is 0. The van der Waals surface area contributed by atoms with Gasteiger partial charge in [0.15, 0.2) is 0 Å². The molecule has 0 saturated carbocycles. The van der Waals surface area contributed by atoms with Crippen molar-refractivity contribution in [2.45, 2.75) is 20.3 Å². The second kappa shape index (κ2) is 5.17. The molecule has 1 aromatic carbocycles. The molecule has 0 aliphatic heterocycles. The lowest BCUT2D eigenvalue weighted by Crippen LogP contribution is -2.05. The molecule has 2 N–H and O–H groups in total. The zero-order valence-corrected chi connectivity index (χ0v) is 8.57. The van der Waals surface area contributed by atoms with E-state index in [0.717, 1.165) is 12.1 Å². The van der Waals surface area contributed by atoms with Crippen LogP contribution in [0.1, 0.15) is 19.4 Å². The second-order valence-electron chi connectivity index (χ2n) is 3.24. The summed E-state index contributed by atoms with van der Waals surface area (Å²) in [5.74, 6) is 0.484. The molecule has 3 nitrogen and oxygen atoms in total. The summed E-state index contributed by atoms with van der Waals surface area (Å²) < 4.78 is 0. The summed E-state index contributed by atoms with van der Waals surface area (Å²) in [6.45, 7) is 3.67. The first-order valence-electron chi connectivity index (χ1n) is 4.55. The molecule has 0 atom stereocenters. The van der Waals surface area contributed by atoms with Gasteiger partial charge in [-0.25, -0.2) is 0 Å². The highest BCUT2D eigenvalue weighted by molar-refractivity contribution is 5.85. The number of hydrogen-bond donors (Lipinski definition) is 1. The van der Waals surface area contributed by atoms with Crippen LogP contribution in [0.3, 0.4) is 0 Å². The number of nitrogens with zero attached hydrogens (tertiary/aromatic N) is 2. The van der Waals surface area contributed by atoms with Crippen LogP contribution >= 0.6 is 0 Å². The van der Waals surface area contributed by atoms with Gasteiger partial charge in [0.2, 0.25) is 0 Å². The monoisotopic (exact) mass is 189 g/mol. The van der Waals surface area contributed by atoms with Crippen LogP contribution in [0.25, 0.3) is 0 Å². The summed E-state index contributed by atoms with van der Waals surface area (Å²) in [6, 6.07) is 10.2. The van der Waals surface area contributed by atoms with Crippen molar-refractivity contribution in [3.8, 4) is 0 Å². The largest absolute Gasteiger partial charge is 0.386 e. The molecule has 14 heavy (non-hydrogen) atoms. The molecule has 1 aromatic rings. The van der Waals surface area contributed by atoms with Crippen molar-refractivity contribution in [3.05, 3.63) is 35.9 Å². The lowest BCUT2D eigenvalue weighted by Gasteiger charge is -1.98. The van der Waals surface area contributed by atoms with E-state index in [-0.39, 0.29) is 0 Å². The molecular formula is C11H15N3. The van der Waals surface area contributed by atoms with E-state index in [4.69, 9.17) is 5.73 Å². The highest BCUT2D eigenvalue weighted by Gasteiger charge is 1.94. The molecule has 0 fully saturated rings. The van der Waals surface area contributed by atoms with Crippen molar-refractivity contribution in [3.63, 3.8) is 0 Å². The average molecular weight is 189 g/mol. The second-order valence-corrected chi connectivity index (χ2v) is 3.24. The van der Waals surface area contributed by atoms with Gasteiger partial charge < -0.3 is 5.73 Å². The van der Waals surface area contributed by atoms with E-state index in [0.29, 0.717) is 5.84 Å². The molecule has 74 valence electrons. The Bertz CT molecular complexity index is 335. The van der Waals surface area contributed by atoms with Gasteiger partial charge in [-0.2, -0.15) is 5.10 Å². The highest BCUT2D eigenvalue weighted by atomic mass is 15.2. The molecule has 0 spiro atoms. The van der Waals surface area contributed by atoms with Crippen LogP contribution < -0.4 is 5.73 Å². The number of benzene rings is 1. The Morgan fingerprint density at radius 1 is 1.14 bits per heavy atom. The van der Waals surface area contributed by atoms with Crippen molar-refractivity contribution in [2.24, 2.45) is 15.9 Å². The third-order valence-electron chi connectivity index (χ3n) is 1.68. The van der Waals surface area contributed by atoms with E-state index >= 15 is 0 Å². The SMILES string of the molecule is C/C(N)=N/N=C(/C)Cc1ccccc1. The highest BCUT2D eigenvalue weighted by Crippen LogP contribution is 2.00. The molecule has 0 bridgehead atoms. The maximum absolute atomic E-state index is 5.38. The normalized spacial score (nSPS) is 13.0. The quantitative estimate of drug-likeness (QED) is 0.441. The van der Waals surface area contributed by atoms with Crippen LogP contribution in [0.5, 0.6) is 0 Å². The fraction of sp³-hybridized carbons (Fsp3) is 0.273. The fourth-order valence-electron chi connectivity index (χ4n) is 1.09. The van der Waals surface area contributed by atoms with Crippen LogP contribution in [0.4, 0.5) is 0 Å². The van der Waals surface area contributed by atoms with E-state index in [9.17, 15) is 0 Å². The molecule has 1 rings (SSSR count).